The number of rotatable bonds is 41. The largest absolute Gasteiger partial charge is 0.462 e. The number of carbonyl (C=O) groups excluding carboxylic acids is 2. The van der Waals surface area contributed by atoms with E-state index in [0.29, 0.717) is 19.4 Å². The van der Waals surface area contributed by atoms with Crippen LogP contribution in [0.15, 0.2) is 60.8 Å². The number of hydrogen-bond acceptors (Lipinski definition) is 5. The van der Waals surface area contributed by atoms with Crippen LogP contribution in [0.1, 0.15) is 213 Å². The molecule has 0 amide bonds. The summed E-state index contributed by atoms with van der Waals surface area (Å²) >= 11 is 0. The maximum atomic E-state index is 12.5. The fourth-order valence-electron chi connectivity index (χ4n) is 6.14. The Hall–Kier alpha value is -2.40. The lowest BCUT2D eigenvalue weighted by atomic mass is 10.1. The van der Waals surface area contributed by atoms with Gasteiger partial charge in [-0.3, -0.25) is 9.59 Å². The monoisotopic (exact) mass is 755 g/mol. The minimum Gasteiger partial charge on any atom is -0.462 e. The first-order valence-electron chi connectivity index (χ1n) is 22.8. The van der Waals surface area contributed by atoms with E-state index < -0.39 is 6.10 Å². The van der Waals surface area contributed by atoms with Gasteiger partial charge in [0.05, 0.1) is 6.61 Å². The Morgan fingerprint density at radius 2 is 0.833 bits per heavy atom. The molecular weight excluding hydrogens is 669 g/mol. The van der Waals surface area contributed by atoms with E-state index in [1.807, 2.05) is 0 Å². The zero-order chi connectivity index (χ0) is 39.3. The van der Waals surface area contributed by atoms with Crippen LogP contribution in [0, 0.1) is 0 Å². The predicted octanol–water partition coefficient (Wildman–Crippen LogP) is 15.0. The summed E-state index contributed by atoms with van der Waals surface area (Å²) in [5.41, 5.74) is 0. The molecule has 312 valence electrons. The first kappa shape index (κ1) is 51.6. The minimum atomic E-state index is -0.540. The molecule has 0 aliphatic carbocycles. The van der Waals surface area contributed by atoms with Gasteiger partial charge in [0.1, 0.15) is 6.61 Å². The van der Waals surface area contributed by atoms with Crippen LogP contribution in [-0.2, 0) is 23.8 Å². The van der Waals surface area contributed by atoms with Crippen molar-refractivity contribution in [3.8, 4) is 0 Å². The molecule has 5 nitrogen and oxygen atoms in total. The molecule has 0 N–H and O–H groups in total. The van der Waals surface area contributed by atoms with Crippen LogP contribution in [0.5, 0.6) is 0 Å². The summed E-state index contributed by atoms with van der Waals surface area (Å²) in [5.74, 6) is -0.429. The molecule has 0 aromatic carbocycles. The molecule has 0 rings (SSSR count). The topological polar surface area (TPSA) is 61.8 Å². The zero-order valence-corrected chi connectivity index (χ0v) is 35.7. The van der Waals surface area contributed by atoms with Crippen LogP contribution in [0.25, 0.3) is 0 Å². The molecule has 1 unspecified atom stereocenters. The van der Waals surface area contributed by atoms with Crippen molar-refractivity contribution in [3.63, 3.8) is 0 Å². The molecule has 54 heavy (non-hydrogen) atoms. The van der Waals surface area contributed by atoms with Crippen LogP contribution in [-0.4, -0.2) is 37.9 Å². The average Bonchev–Trinajstić information content (AvgIpc) is 3.17. The molecule has 0 fully saturated rings. The van der Waals surface area contributed by atoms with E-state index in [9.17, 15) is 9.59 Å². The Morgan fingerprint density at radius 1 is 0.426 bits per heavy atom. The number of ether oxygens (including phenoxy) is 3. The van der Waals surface area contributed by atoms with Crippen LogP contribution in [0.3, 0.4) is 0 Å². The number of esters is 2. The van der Waals surface area contributed by atoms with E-state index in [2.05, 4.69) is 81.5 Å². The number of unbranched alkanes of at least 4 members (excludes halogenated alkanes) is 20. The minimum absolute atomic E-state index is 0.0743. The van der Waals surface area contributed by atoms with Crippen molar-refractivity contribution in [1.82, 2.24) is 0 Å². The van der Waals surface area contributed by atoms with E-state index >= 15 is 0 Å². The summed E-state index contributed by atoms with van der Waals surface area (Å²) in [6.45, 7) is 7.60. The summed E-state index contributed by atoms with van der Waals surface area (Å²) in [7, 11) is 0. The lowest BCUT2D eigenvalue weighted by molar-refractivity contribution is -0.163. The van der Waals surface area contributed by atoms with E-state index in [1.54, 1.807) is 0 Å². The second-order valence-corrected chi connectivity index (χ2v) is 14.9. The Morgan fingerprint density at radius 3 is 1.37 bits per heavy atom. The van der Waals surface area contributed by atoms with Gasteiger partial charge in [-0.1, -0.05) is 178 Å². The highest BCUT2D eigenvalue weighted by Crippen LogP contribution is 2.12. The third kappa shape index (κ3) is 42.3. The van der Waals surface area contributed by atoms with Gasteiger partial charge in [0.25, 0.3) is 0 Å². The average molecular weight is 755 g/mol. The number of allylic oxidation sites excluding steroid dienone is 10. The Kier molecular flexibility index (Phi) is 43.0. The lowest BCUT2D eigenvalue weighted by Gasteiger charge is -2.18. The van der Waals surface area contributed by atoms with E-state index in [-0.39, 0.29) is 25.2 Å². The van der Waals surface area contributed by atoms with Crippen molar-refractivity contribution < 1.29 is 23.8 Å². The summed E-state index contributed by atoms with van der Waals surface area (Å²) < 4.78 is 17.2. The molecule has 0 saturated heterocycles. The smallest absolute Gasteiger partial charge is 0.306 e. The van der Waals surface area contributed by atoms with Gasteiger partial charge in [0, 0.05) is 19.4 Å². The quantitative estimate of drug-likeness (QED) is 0.0353. The van der Waals surface area contributed by atoms with Gasteiger partial charge < -0.3 is 14.2 Å². The third-order valence-corrected chi connectivity index (χ3v) is 9.54. The van der Waals surface area contributed by atoms with Crippen LogP contribution in [0.2, 0.25) is 0 Å². The van der Waals surface area contributed by atoms with Gasteiger partial charge in [-0.2, -0.15) is 0 Å². The first-order valence-corrected chi connectivity index (χ1v) is 22.8. The van der Waals surface area contributed by atoms with Gasteiger partial charge in [-0.25, -0.2) is 0 Å². The van der Waals surface area contributed by atoms with Crippen molar-refractivity contribution in [2.24, 2.45) is 0 Å². The first-order chi connectivity index (χ1) is 26.6. The van der Waals surface area contributed by atoms with Crippen LogP contribution >= 0.6 is 0 Å². The Balaban J connectivity index is 4.08. The van der Waals surface area contributed by atoms with Crippen molar-refractivity contribution in [2.45, 2.75) is 219 Å². The molecule has 5 heteroatoms. The lowest BCUT2D eigenvalue weighted by Crippen LogP contribution is -2.30. The van der Waals surface area contributed by atoms with E-state index in [1.165, 1.54) is 96.3 Å². The third-order valence-electron chi connectivity index (χ3n) is 9.54. The maximum absolute atomic E-state index is 12.5. The fourth-order valence-corrected chi connectivity index (χ4v) is 6.14. The fraction of sp³-hybridized carbons (Fsp3) is 0.755. The van der Waals surface area contributed by atoms with Crippen LogP contribution < -0.4 is 0 Å². The van der Waals surface area contributed by atoms with E-state index in [0.717, 1.165) is 83.5 Å². The van der Waals surface area contributed by atoms with Crippen molar-refractivity contribution in [1.29, 1.82) is 0 Å². The predicted molar refractivity (Wildman–Crippen MR) is 233 cm³/mol. The van der Waals surface area contributed by atoms with Gasteiger partial charge in [0.2, 0.25) is 0 Å². The normalized spacial score (nSPS) is 12.7. The molecule has 0 aromatic rings. The van der Waals surface area contributed by atoms with Crippen molar-refractivity contribution in [2.75, 3.05) is 19.8 Å². The number of carbonyl (C=O) groups is 2. The molecule has 0 aliphatic heterocycles. The molecule has 0 spiro atoms. The molecular formula is C49H86O5. The second kappa shape index (κ2) is 45.0. The molecule has 0 radical (unpaired) electrons. The van der Waals surface area contributed by atoms with Crippen LogP contribution in [0.4, 0.5) is 0 Å². The highest BCUT2D eigenvalue weighted by Gasteiger charge is 2.17. The summed E-state index contributed by atoms with van der Waals surface area (Å²) in [4.78, 5) is 25.0. The summed E-state index contributed by atoms with van der Waals surface area (Å²) in [6.07, 6.45) is 55.3. The molecule has 0 heterocycles. The Bertz CT molecular complexity index is 946. The SMILES string of the molecule is CC/C=C\C/C=C\C/C=C\C/C=C\CCCCCCCCC(=O)OCC(COCCCCCCCC/C=C\CCCCCC)OC(=O)CCCCCCC. The van der Waals surface area contributed by atoms with E-state index in [4.69, 9.17) is 14.2 Å². The molecule has 0 aromatic heterocycles. The second-order valence-electron chi connectivity index (χ2n) is 14.9. The highest BCUT2D eigenvalue weighted by atomic mass is 16.6. The van der Waals surface area contributed by atoms with Gasteiger partial charge >= 0.3 is 11.9 Å². The van der Waals surface area contributed by atoms with Gasteiger partial charge in [0.15, 0.2) is 6.10 Å². The highest BCUT2D eigenvalue weighted by molar-refractivity contribution is 5.70. The molecule has 0 saturated carbocycles. The molecule has 0 aliphatic rings. The number of hydrogen-bond donors (Lipinski definition) is 0. The molecule has 1 atom stereocenters. The van der Waals surface area contributed by atoms with Crippen molar-refractivity contribution in [3.05, 3.63) is 60.8 Å². The summed E-state index contributed by atoms with van der Waals surface area (Å²) in [6, 6.07) is 0. The summed E-state index contributed by atoms with van der Waals surface area (Å²) in [5, 5.41) is 0. The van der Waals surface area contributed by atoms with Gasteiger partial charge in [-0.15, -0.1) is 0 Å². The van der Waals surface area contributed by atoms with Crippen molar-refractivity contribution >= 4 is 11.9 Å². The van der Waals surface area contributed by atoms with Gasteiger partial charge in [-0.05, 0) is 83.5 Å². The maximum Gasteiger partial charge on any atom is 0.306 e. The zero-order valence-electron chi connectivity index (χ0n) is 35.7. The molecule has 0 bridgehead atoms. The Labute approximate surface area is 334 Å². The standard InChI is InChI=1S/C49H86O5/c1-4-7-10-13-15-17-19-21-23-24-25-26-27-28-30-32-34-37-39-42-48(50)53-46-47(54-49(51)43-40-36-12-9-6-3)45-52-44-41-38-35-33-31-29-22-20-18-16-14-11-8-5-2/h7,10,15,17-18,20-21,23,25-26,47H,4-6,8-9,11-14,16,19,22,24,27-46H2,1-3H3/b10-7-,17-15-,20-18-,23-21-,26-25-.